The van der Waals surface area contributed by atoms with Crippen molar-refractivity contribution in [1.82, 2.24) is 10.3 Å². The van der Waals surface area contributed by atoms with Crippen LogP contribution in [0, 0.1) is 27.9 Å². The second-order valence-corrected chi connectivity index (χ2v) is 10.7. The summed E-state index contributed by atoms with van der Waals surface area (Å²) in [6.45, 7) is 0. The van der Waals surface area contributed by atoms with Crippen molar-refractivity contribution in [3.8, 4) is 0 Å². The van der Waals surface area contributed by atoms with Gasteiger partial charge in [0.25, 0.3) is 5.69 Å². The molecule has 6 rings (SSSR count). The second kappa shape index (κ2) is 6.44. The fraction of sp³-hybridized carbons (Fsp3) is 0.579. The van der Waals surface area contributed by atoms with Gasteiger partial charge >= 0.3 is 0 Å². The van der Waals surface area contributed by atoms with Crippen molar-refractivity contribution in [2.75, 3.05) is 5.75 Å². The van der Waals surface area contributed by atoms with E-state index in [1.54, 1.807) is 12.1 Å². The van der Waals surface area contributed by atoms with Gasteiger partial charge in [0.2, 0.25) is 5.91 Å². The number of carbonyl (C=O) groups is 1. The number of nitro benzene ring substituents is 1. The number of nitro groups is 1. The van der Waals surface area contributed by atoms with E-state index in [1.807, 2.05) is 0 Å². The van der Waals surface area contributed by atoms with Gasteiger partial charge in [0.1, 0.15) is 0 Å². The number of carbonyl (C=O) groups excluding carboxylic acids is 1. The monoisotopic (exact) mass is 403 g/mol. The molecule has 0 saturated heterocycles. The molecule has 27 heavy (non-hydrogen) atoms. The first kappa shape index (κ1) is 17.4. The van der Waals surface area contributed by atoms with Gasteiger partial charge in [-0.15, -0.1) is 11.3 Å². The van der Waals surface area contributed by atoms with Crippen molar-refractivity contribution in [2.24, 2.45) is 17.8 Å². The molecule has 8 heteroatoms. The van der Waals surface area contributed by atoms with Gasteiger partial charge in [0.05, 0.1) is 20.9 Å². The average molecular weight is 404 g/mol. The first-order valence-corrected chi connectivity index (χ1v) is 11.3. The van der Waals surface area contributed by atoms with E-state index in [0.29, 0.717) is 5.75 Å². The standard InChI is InChI=1S/C19H21N3O3S2/c23-17(21-19-7-11-3-12(8-19)5-13(4-11)9-19)10-26-18-20-15-2-1-14(22(24)25)6-16(15)27-18/h1-2,6,11-13H,3-5,7-10H2,(H,21,23). The molecule has 1 aromatic carbocycles. The predicted molar refractivity (Wildman–Crippen MR) is 106 cm³/mol. The Morgan fingerprint density at radius 3 is 2.56 bits per heavy atom. The largest absolute Gasteiger partial charge is 0.350 e. The molecule has 0 aliphatic heterocycles. The van der Waals surface area contributed by atoms with Crippen molar-refractivity contribution >= 4 is 44.9 Å². The average Bonchev–Trinajstić information content (AvgIpc) is 3.00. The fourth-order valence-electron chi connectivity index (χ4n) is 5.79. The number of thioether (sulfide) groups is 1. The van der Waals surface area contributed by atoms with Gasteiger partial charge in [-0.25, -0.2) is 4.98 Å². The summed E-state index contributed by atoms with van der Waals surface area (Å²) in [5.41, 5.74) is 0.859. The van der Waals surface area contributed by atoms with E-state index in [9.17, 15) is 14.9 Å². The summed E-state index contributed by atoms with van der Waals surface area (Å²) in [4.78, 5) is 27.6. The van der Waals surface area contributed by atoms with Gasteiger partial charge < -0.3 is 5.32 Å². The molecule has 4 saturated carbocycles. The summed E-state index contributed by atoms with van der Waals surface area (Å²) in [5.74, 6) is 2.87. The van der Waals surface area contributed by atoms with Crippen LogP contribution in [0.1, 0.15) is 38.5 Å². The molecule has 1 heterocycles. The van der Waals surface area contributed by atoms with E-state index in [4.69, 9.17) is 0 Å². The lowest BCUT2D eigenvalue weighted by Crippen LogP contribution is -2.60. The number of hydrogen-bond acceptors (Lipinski definition) is 6. The van der Waals surface area contributed by atoms with Crippen LogP contribution < -0.4 is 5.32 Å². The number of rotatable bonds is 5. The van der Waals surface area contributed by atoms with Crippen LogP contribution in [0.4, 0.5) is 5.69 Å². The highest BCUT2D eigenvalue weighted by molar-refractivity contribution is 8.01. The summed E-state index contributed by atoms with van der Waals surface area (Å²) in [6, 6.07) is 4.69. The van der Waals surface area contributed by atoms with E-state index < -0.39 is 4.92 Å². The molecule has 1 amide bonds. The maximum Gasteiger partial charge on any atom is 0.270 e. The van der Waals surface area contributed by atoms with Crippen LogP contribution in [0.2, 0.25) is 0 Å². The van der Waals surface area contributed by atoms with Gasteiger partial charge in [-0.3, -0.25) is 14.9 Å². The molecule has 1 aromatic heterocycles. The topological polar surface area (TPSA) is 85.1 Å². The lowest BCUT2D eigenvalue weighted by molar-refractivity contribution is -0.384. The Kier molecular flexibility index (Phi) is 4.16. The molecule has 142 valence electrons. The quantitative estimate of drug-likeness (QED) is 0.455. The minimum atomic E-state index is -0.398. The van der Waals surface area contributed by atoms with Crippen LogP contribution in [0.5, 0.6) is 0 Å². The number of nitrogens with zero attached hydrogens (tertiary/aromatic N) is 2. The highest BCUT2D eigenvalue weighted by atomic mass is 32.2. The molecule has 0 unspecified atom stereocenters. The van der Waals surface area contributed by atoms with Crippen molar-refractivity contribution in [3.05, 3.63) is 28.3 Å². The third kappa shape index (κ3) is 3.33. The molecular weight excluding hydrogens is 382 g/mol. The molecule has 1 N–H and O–H groups in total. The number of aromatic nitrogens is 1. The molecule has 2 aromatic rings. The minimum absolute atomic E-state index is 0.0423. The van der Waals surface area contributed by atoms with Crippen LogP contribution in [0.3, 0.4) is 0 Å². The zero-order chi connectivity index (χ0) is 18.6. The van der Waals surface area contributed by atoms with Crippen molar-refractivity contribution < 1.29 is 9.72 Å². The van der Waals surface area contributed by atoms with Gasteiger partial charge in [-0.05, 0) is 62.3 Å². The Morgan fingerprint density at radius 1 is 1.26 bits per heavy atom. The van der Waals surface area contributed by atoms with Crippen molar-refractivity contribution in [1.29, 1.82) is 0 Å². The highest BCUT2D eigenvalue weighted by Gasteiger charge is 2.51. The normalized spacial score (nSPS) is 31.3. The second-order valence-electron chi connectivity index (χ2n) is 8.42. The van der Waals surface area contributed by atoms with Crippen LogP contribution in [-0.2, 0) is 4.79 Å². The summed E-state index contributed by atoms with van der Waals surface area (Å²) in [6.07, 6.45) is 7.55. The SMILES string of the molecule is O=C(CSc1nc2ccc([N+](=O)[O-])cc2s1)NC12CC3CC(CC(C3)C1)C2. The summed E-state index contributed by atoms with van der Waals surface area (Å²) in [5, 5.41) is 14.3. The number of non-ortho nitro benzene ring substituents is 1. The number of nitrogens with one attached hydrogen (secondary N) is 1. The third-order valence-electron chi connectivity index (χ3n) is 6.33. The molecular formula is C19H21N3O3S2. The molecule has 4 bridgehead atoms. The number of benzene rings is 1. The lowest BCUT2D eigenvalue weighted by Gasteiger charge is -2.56. The summed E-state index contributed by atoms with van der Waals surface area (Å²) in [7, 11) is 0. The Morgan fingerprint density at radius 2 is 1.93 bits per heavy atom. The molecule has 0 radical (unpaired) electrons. The molecule has 6 nitrogen and oxygen atoms in total. The summed E-state index contributed by atoms with van der Waals surface area (Å²) < 4.78 is 1.57. The van der Waals surface area contributed by atoms with Crippen LogP contribution in [0.25, 0.3) is 10.2 Å². The highest BCUT2D eigenvalue weighted by Crippen LogP contribution is 2.55. The van der Waals surface area contributed by atoms with E-state index in [-0.39, 0.29) is 17.1 Å². The zero-order valence-electron chi connectivity index (χ0n) is 14.8. The molecule has 4 aliphatic carbocycles. The van der Waals surface area contributed by atoms with Crippen molar-refractivity contribution in [3.63, 3.8) is 0 Å². The Labute approximate surface area is 165 Å². The fourth-order valence-corrected chi connectivity index (χ4v) is 7.69. The maximum absolute atomic E-state index is 12.6. The lowest BCUT2D eigenvalue weighted by atomic mass is 9.53. The number of fused-ring (bicyclic) bond motifs is 1. The van der Waals surface area contributed by atoms with Gasteiger partial charge in [0.15, 0.2) is 4.34 Å². The van der Waals surface area contributed by atoms with Crippen LogP contribution in [0.15, 0.2) is 22.5 Å². The molecule has 4 fully saturated rings. The zero-order valence-corrected chi connectivity index (χ0v) is 16.5. The Hall–Kier alpha value is -1.67. The van der Waals surface area contributed by atoms with Gasteiger partial charge in [0, 0.05) is 17.7 Å². The molecule has 4 aliphatic rings. The van der Waals surface area contributed by atoms with E-state index in [0.717, 1.165) is 51.6 Å². The Balaban J connectivity index is 1.23. The molecule has 0 spiro atoms. The first-order chi connectivity index (χ1) is 13.0. The van der Waals surface area contributed by atoms with Gasteiger partial charge in [-0.2, -0.15) is 0 Å². The maximum atomic E-state index is 12.6. The minimum Gasteiger partial charge on any atom is -0.350 e. The summed E-state index contributed by atoms with van der Waals surface area (Å²) >= 11 is 2.83. The van der Waals surface area contributed by atoms with Crippen molar-refractivity contribution in [2.45, 2.75) is 48.4 Å². The number of thiazole rings is 1. The first-order valence-electron chi connectivity index (χ1n) is 9.47. The third-order valence-corrected chi connectivity index (χ3v) is 8.49. The van der Waals surface area contributed by atoms with E-state index in [1.165, 1.54) is 48.4 Å². The van der Waals surface area contributed by atoms with Crippen LogP contribution >= 0.6 is 23.1 Å². The number of amides is 1. The van der Waals surface area contributed by atoms with Gasteiger partial charge in [-0.1, -0.05) is 11.8 Å². The van der Waals surface area contributed by atoms with Crippen LogP contribution in [-0.4, -0.2) is 27.1 Å². The number of hydrogen-bond donors (Lipinski definition) is 1. The van der Waals surface area contributed by atoms with E-state index in [2.05, 4.69) is 10.3 Å². The smallest absolute Gasteiger partial charge is 0.270 e. The molecule has 0 atom stereocenters. The van der Waals surface area contributed by atoms with E-state index >= 15 is 0 Å². The Bertz CT molecular complexity index is 891. The predicted octanol–water partition coefficient (Wildman–Crippen LogP) is 4.38.